The third-order valence-electron chi connectivity index (χ3n) is 4.25. The zero-order chi connectivity index (χ0) is 15.2. The van der Waals surface area contributed by atoms with E-state index in [1.54, 1.807) is 16.7 Å². The predicted octanol–water partition coefficient (Wildman–Crippen LogP) is 2.41. The molecule has 2 amide bonds. The molecule has 1 fully saturated rings. The first-order valence-corrected chi connectivity index (χ1v) is 8.55. The monoisotopic (exact) mass is 302 g/mol. The highest BCUT2D eigenvalue weighted by Gasteiger charge is 2.39. The predicted molar refractivity (Wildman–Crippen MR) is 82.2 cm³/mol. The summed E-state index contributed by atoms with van der Waals surface area (Å²) in [5, 5.41) is 11.9. The topological polar surface area (TPSA) is 69.6 Å². The molecule has 2 N–H and O–H groups in total. The molecule has 1 aliphatic carbocycles. The molecule has 0 radical (unpaired) electrons. The summed E-state index contributed by atoms with van der Waals surface area (Å²) in [4.78, 5) is 24.8. The molecular weight excluding hydrogens is 276 g/mol. The molecule has 0 spiro atoms. The molecule has 1 atom stereocenters. The van der Waals surface area contributed by atoms with Crippen molar-refractivity contribution in [1.29, 1.82) is 0 Å². The summed E-state index contributed by atoms with van der Waals surface area (Å²) in [6.07, 6.45) is 5.95. The van der Waals surface area contributed by atoms with Crippen LogP contribution in [0.1, 0.15) is 39.0 Å². The molecule has 116 valence electrons. The van der Waals surface area contributed by atoms with Gasteiger partial charge in [-0.2, -0.15) is 11.8 Å². The van der Waals surface area contributed by atoms with E-state index in [4.69, 9.17) is 5.11 Å². The standard InChI is InChI=1S/C14H26N2O3S/c1-4-11(9-20-3)16(2)13(19)15-10-14(6-5-7-14)8-12(17)18/h11H,4-10H2,1-3H3,(H,15,19)(H,17,18). The Morgan fingerprint density at radius 3 is 2.50 bits per heavy atom. The van der Waals surface area contributed by atoms with Gasteiger partial charge >= 0.3 is 12.0 Å². The lowest BCUT2D eigenvalue weighted by atomic mass is 9.66. The fraction of sp³-hybridized carbons (Fsp3) is 0.857. The second-order valence-corrected chi connectivity index (χ2v) is 6.62. The molecule has 0 aromatic heterocycles. The maximum absolute atomic E-state index is 12.1. The van der Waals surface area contributed by atoms with Crippen LogP contribution in [-0.4, -0.2) is 53.6 Å². The first-order chi connectivity index (χ1) is 9.44. The maximum atomic E-state index is 12.1. The maximum Gasteiger partial charge on any atom is 0.317 e. The number of rotatable bonds is 8. The van der Waals surface area contributed by atoms with Crippen molar-refractivity contribution in [3.63, 3.8) is 0 Å². The lowest BCUT2D eigenvalue weighted by Crippen LogP contribution is -2.49. The van der Waals surface area contributed by atoms with Crippen LogP contribution in [0.3, 0.4) is 0 Å². The van der Waals surface area contributed by atoms with Crippen LogP contribution < -0.4 is 5.32 Å². The first-order valence-electron chi connectivity index (χ1n) is 7.15. The molecule has 5 nitrogen and oxygen atoms in total. The summed E-state index contributed by atoms with van der Waals surface area (Å²) in [6, 6.07) is 0.129. The zero-order valence-corrected chi connectivity index (χ0v) is 13.5. The average Bonchev–Trinajstić information content (AvgIpc) is 2.37. The van der Waals surface area contributed by atoms with E-state index in [9.17, 15) is 9.59 Å². The molecule has 0 aliphatic heterocycles. The molecule has 0 bridgehead atoms. The zero-order valence-electron chi connectivity index (χ0n) is 12.6. The molecular formula is C14H26N2O3S. The van der Waals surface area contributed by atoms with E-state index in [2.05, 4.69) is 12.2 Å². The lowest BCUT2D eigenvalue weighted by Gasteiger charge is -2.41. The Morgan fingerprint density at radius 2 is 2.10 bits per heavy atom. The summed E-state index contributed by atoms with van der Waals surface area (Å²) >= 11 is 1.73. The Kier molecular flexibility index (Phi) is 6.65. The van der Waals surface area contributed by atoms with Crippen molar-refractivity contribution in [2.45, 2.75) is 45.1 Å². The number of aliphatic carboxylic acids is 1. The van der Waals surface area contributed by atoms with Gasteiger partial charge in [0.1, 0.15) is 0 Å². The van der Waals surface area contributed by atoms with Crippen LogP contribution in [0.2, 0.25) is 0 Å². The van der Waals surface area contributed by atoms with Gasteiger partial charge in [-0.3, -0.25) is 4.79 Å². The largest absolute Gasteiger partial charge is 0.481 e. The lowest BCUT2D eigenvalue weighted by molar-refractivity contribution is -0.141. The first kappa shape index (κ1) is 17.1. The van der Waals surface area contributed by atoms with E-state index in [-0.39, 0.29) is 23.9 Å². The number of thioether (sulfide) groups is 1. The van der Waals surface area contributed by atoms with Crippen molar-refractivity contribution in [2.75, 3.05) is 25.6 Å². The van der Waals surface area contributed by atoms with Gasteiger partial charge in [0.05, 0.1) is 6.42 Å². The van der Waals surface area contributed by atoms with Gasteiger partial charge in [-0.25, -0.2) is 4.79 Å². The Balaban J connectivity index is 2.47. The minimum absolute atomic E-state index is 0.0948. The van der Waals surface area contributed by atoms with Gasteiger partial charge in [0.2, 0.25) is 0 Å². The molecule has 1 aliphatic rings. The van der Waals surface area contributed by atoms with Crippen LogP contribution in [0, 0.1) is 5.41 Å². The van der Waals surface area contributed by atoms with Gasteiger partial charge in [0.25, 0.3) is 0 Å². The Hall–Kier alpha value is -0.910. The Labute approximate surface area is 125 Å². The number of nitrogens with zero attached hydrogens (tertiary/aromatic N) is 1. The fourth-order valence-corrected chi connectivity index (χ4v) is 3.51. The summed E-state index contributed by atoms with van der Waals surface area (Å²) in [6.45, 7) is 2.54. The smallest absolute Gasteiger partial charge is 0.317 e. The van der Waals surface area contributed by atoms with Crippen molar-refractivity contribution in [3.8, 4) is 0 Å². The number of carboxylic acids is 1. The molecule has 0 saturated heterocycles. The van der Waals surface area contributed by atoms with Crippen molar-refractivity contribution >= 4 is 23.8 Å². The number of carbonyl (C=O) groups excluding carboxylic acids is 1. The highest BCUT2D eigenvalue weighted by molar-refractivity contribution is 7.98. The van der Waals surface area contributed by atoms with Crippen molar-refractivity contribution in [1.82, 2.24) is 10.2 Å². The van der Waals surface area contributed by atoms with E-state index >= 15 is 0 Å². The van der Waals surface area contributed by atoms with Gasteiger partial charge in [-0.15, -0.1) is 0 Å². The molecule has 1 saturated carbocycles. The normalized spacial score (nSPS) is 17.9. The summed E-state index contributed by atoms with van der Waals surface area (Å²) in [5.74, 6) is 0.141. The highest BCUT2D eigenvalue weighted by Crippen LogP contribution is 2.43. The summed E-state index contributed by atoms with van der Waals surface area (Å²) in [5.41, 5.74) is -0.219. The van der Waals surface area contributed by atoms with E-state index in [1.807, 2.05) is 13.3 Å². The quantitative estimate of drug-likeness (QED) is 0.722. The minimum Gasteiger partial charge on any atom is -0.481 e. The number of hydrogen-bond acceptors (Lipinski definition) is 3. The fourth-order valence-electron chi connectivity index (χ4n) is 2.66. The van der Waals surface area contributed by atoms with Crippen molar-refractivity contribution in [2.24, 2.45) is 5.41 Å². The van der Waals surface area contributed by atoms with Gasteiger partial charge in [-0.1, -0.05) is 13.3 Å². The van der Waals surface area contributed by atoms with Crippen LogP contribution in [0.15, 0.2) is 0 Å². The van der Waals surface area contributed by atoms with Crippen molar-refractivity contribution < 1.29 is 14.7 Å². The van der Waals surface area contributed by atoms with E-state index < -0.39 is 5.97 Å². The number of urea groups is 1. The Bertz CT molecular complexity index is 345. The minimum atomic E-state index is -0.777. The third kappa shape index (κ3) is 4.58. The molecule has 20 heavy (non-hydrogen) atoms. The van der Waals surface area contributed by atoms with Crippen LogP contribution in [-0.2, 0) is 4.79 Å². The average molecular weight is 302 g/mol. The number of amides is 2. The SMILES string of the molecule is CCC(CSC)N(C)C(=O)NCC1(CC(=O)O)CCC1. The van der Waals surface area contributed by atoms with Gasteiger partial charge in [0.15, 0.2) is 0 Å². The van der Waals surface area contributed by atoms with Gasteiger partial charge in [-0.05, 0) is 30.9 Å². The molecule has 0 heterocycles. The third-order valence-corrected chi connectivity index (χ3v) is 4.97. The Morgan fingerprint density at radius 1 is 1.45 bits per heavy atom. The number of nitrogens with one attached hydrogen (secondary N) is 1. The van der Waals surface area contributed by atoms with Crippen LogP contribution in [0.4, 0.5) is 4.79 Å². The van der Waals surface area contributed by atoms with Gasteiger partial charge in [0, 0.05) is 25.4 Å². The van der Waals surface area contributed by atoms with Crippen LogP contribution >= 0.6 is 11.8 Å². The number of carbonyl (C=O) groups is 2. The number of carboxylic acid groups (broad SMARTS) is 1. The van der Waals surface area contributed by atoms with Gasteiger partial charge < -0.3 is 15.3 Å². The molecule has 1 rings (SSSR count). The molecule has 1 unspecified atom stereocenters. The molecule has 0 aromatic carbocycles. The number of hydrogen-bond donors (Lipinski definition) is 2. The van der Waals surface area contributed by atoms with E-state index in [0.29, 0.717) is 6.54 Å². The van der Waals surface area contributed by atoms with Crippen LogP contribution in [0.5, 0.6) is 0 Å². The second-order valence-electron chi connectivity index (χ2n) is 5.71. The van der Waals surface area contributed by atoms with Crippen molar-refractivity contribution in [3.05, 3.63) is 0 Å². The second kappa shape index (κ2) is 7.76. The van der Waals surface area contributed by atoms with E-state index in [1.165, 1.54) is 0 Å². The van der Waals surface area contributed by atoms with E-state index in [0.717, 1.165) is 31.4 Å². The molecule has 6 heteroatoms. The van der Waals surface area contributed by atoms with Crippen LogP contribution in [0.25, 0.3) is 0 Å². The summed E-state index contributed by atoms with van der Waals surface area (Å²) < 4.78 is 0. The molecule has 0 aromatic rings. The highest BCUT2D eigenvalue weighted by atomic mass is 32.2. The summed E-state index contributed by atoms with van der Waals surface area (Å²) in [7, 11) is 1.81.